The molecule has 1 aromatic rings. The minimum Gasteiger partial charge on any atom is -0.350 e. The normalized spacial score (nSPS) is 13.0. The molecular formula is C12H17NOS. The topological polar surface area (TPSA) is 29.1 Å². The quantitative estimate of drug-likeness (QED) is 0.781. The molecule has 1 aromatic heterocycles. The summed E-state index contributed by atoms with van der Waals surface area (Å²) in [4.78, 5) is 13.9. The molecule has 2 nitrogen and oxygen atoms in total. The molecule has 3 heteroatoms. The summed E-state index contributed by atoms with van der Waals surface area (Å²) in [6.45, 7) is 5.96. The Kier molecular flexibility index (Phi) is 4.56. The van der Waals surface area contributed by atoms with Crippen LogP contribution < -0.4 is 5.32 Å². The van der Waals surface area contributed by atoms with E-state index in [1.165, 1.54) is 9.75 Å². The Morgan fingerprint density at radius 3 is 2.87 bits per heavy atom. The molecule has 0 saturated carbocycles. The maximum absolute atomic E-state index is 11.3. The fourth-order valence-electron chi connectivity index (χ4n) is 1.39. The number of hydrogen-bond acceptors (Lipinski definition) is 2. The zero-order chi connectivity index (χ0) is 11.3. The first-order chi connectivity index (χ1) is 7.11. The summed E-state index contributed by atoms with van der Waals surface area (Å²) in [5.41, 5.74) is 0. The summed E-state index contributed by atoms with van der Waals surface area (Å²) in [5.74, 6) is -0.0155. The van der Waals surface area contributed by atoms with Crippen LogP contribution in [0.3, 0.4) is 0 Å². The van der Waals surface area contributed by atoms with E-state index in [1.807, 2.05) is 13.8 Å². The molecule has 82 valence electrons. The van der Waals surface area contributed by atoms with Crippen LogP contribution in [-0.2, 0) is 11.2 Å². The summed E-state index contributed by atoms with van der Waals surface area (Å²) in [6, 6.07) is 4.42. The average molecular weight is 223 g/mol. The molecule has 0 spiro atoms. The highest BCUT2D eigenvalue weighted by Crippen LogP contribution is 2.16. The maximum atomic E-state index is 11.3. The first-order valence-corrected chi connectivity index (χ1v) is 5.92. The standard InChI is InChI=1S/C12H17NOS/c1-4-5-12(14)13-9(2)8-11-7-6-10(3)15-11/h4-7,9H,8H2,1-3H3,(H,13,14). The van der Waals surface area contributed by atoms with E-state index in [9.17, 15) is 4.79 Å². The van der Waals surface area contributed by atoms with Gasteiger partial charge >= 0.3 is 0 Å². The Balaban J connectivity index is 2.42. The van der Waals surface area contributed by atoms with E-state index in [2.05, 4.69) is 24.4 Å². The van der Waals surface area contributed by atoms with Crippen molar-refractivity contribution >= 4 is 17.2 Å². The van der Waals surface area contributed by atoms with Gasteiger partial charge in [0.1, 0.15) is 0 Å². The van der Waals surface area contributed by atoms with Crippen LogP contribution in [-0.4, -0.2) is 11.9 Å². The van der Waals surface area contributed by atoms with Gasteiger partial charge in [0.05, 0.1) is 0 Å². The van der Waals surface area contributed by atoms with Gasteiger partial charge in [-0.05, 0) is 39.0 Å². The molecule has 1 amide bonds. The van der Waals surface area contributed by atoms with Crippen LogP contribution in [0.2, 0.25) is 0 Å². The predicted octanol–water partition coefficient (Wildman–Crippen LogP) is 2.68. The third-order valence-electron chi connectivity index (χ3n) is 2.01. The number of thiophene rings is 1. The molecule has 0 fully saturated rings. The minimum absolute atomic E-state index is 0.0155. The number of nitrogens with one attached hydrogen (secondary N) is 1. The van der Waals surface area contributed by atoms with E-state index >= 15 is 0 Å². The first-order valence-electron chi connectivity index (χ1n) is 5.10. The second kappa shape index (κ2) is 5.71. The lowest BCUT2D eigenvalue weighted by Gasteiger charge is -2.10. The molecule has 1 N–H and O–H groups in total. The van der Waals surface area contributed by atoms with Gasteiger partial charge in [-0.25, -0.2) is 0 Å². The molecule has 1 unspecified atom stereocenters. The number of allylic oxidation sites excluding steroid dienone is 1. The Hall–Kier alpha value is -1.09. The highest BCUT2D eigenvalue weighted by molar-refractivity contribution is 7.11. The molecule has 15 heavy (non-hydrogen) atoms. The van der Waals surface area contributed by atoms with Gasteiger partial charge in [-0.1, -0.05) is 6.08 Å². The van der Waals surface area contributed by atoms with Crippen molar-refractivity contribution in [2.45, 2.75) is 33.2 Å². The van der Waals surface area contributed by atoms with Gasteiger partial charge in [-0.2, -0.15) is 0 Å². The fourth-order valence-corrected chi connectivity index (χ4v) is 2.41. The van der Waals surface area contributed by atoms with Crippen LogP contribution in [0.4, 0.5) is 0 Å². The molecule has 0 radical (unpaired) electrons. The lowest BCUT2D eigenvalue weighted by molar-refractivity contribution is -0.117. The van der Waals surface area contributed by atoms with Crippen LogP contribution >= 0.6 is 11.3 Å². The number of carbonyl (C=O) groups excluding carboxylic acids is 1. The summed E-state index contributed by atoms with van der Waals surface area (Å²) in [6.07, 6.45) is 4.20. The van der Waals surface area contributed by atoms with Gasteiger partial charge < -0.3 is 5.32 Å². The Morgan fingerprint density at radius 1 is 1.60 bits per heavy atom. The lowest BCUT2D eigenvalue weighted by atomic mass is 10.2. The molecule has 0 aliphatic rings. The van der Waals surface area contributed by atoms with Gasteiger partial charge in [0.2, 0.25) is 5.91 Å². The molecule has 1 rings (SSSR count). The summed E-state index contributed by atoms with van der Waals surface area (Å²) < 4.78 is 0. The molecular weight excluding hydrogens is 206 g/mol. The van der Waals surface area contributed by atoms with Crippen LogP contribution in [0, 0.1) is 6.92 Å². The Labute approximate surface area is 95.0 Å². The van der Waals surface area contributed by atoms with Crippen LogP contribution in [0.1, 0.15) is 23.6 Å². The summed E-state index contributed by atoms with van der Waals surface area (Å²) >= 11 is 1.79. The largest absolute Gasteiger partial charge is 0.350 e. The number of carbonyl (C=O) groups is 1. The van der Waals surface area contributed by atoms with Gasteiger partial charge in [0.25, 0.3) is 0 Å². The highest BCUT2D eigenvalue weighted by atomic mass is 32.1. The van der Waals surface area contributed by atoms with Crippen LogP contribution in [0.25, 0.3) is 0 Å². The van der Waals surface area contributed by atoms with E-state index in [4.69, 9.17) is 0 Å². The number of amides is 1. The second-order valence-electron chi connectivity index (χ2n) is 3.63. The summed E-state index contributed by atoms with van der Waals surface area (Å²) in [5, 5.41) is 2.92. The molecule has 0 aliphatic heterocycles. The Morgan fingerprint density at radius 2 is 2.33 bits per heavy atom. The first kappa shape index (κ1) is 12.0. The zero-order valence-electron chi connectivity index (χ0n) is 9.41. The second-order valence-corrected chi connectivity index (χ2v) is 5.00. The zero-order valence-corrected chi connectivity index (χ0v) is 10.2. The van der Waals surface area contributed by atoms with Crippen molar-refractivity contribution in [2.24, 2.45) is 0 Å². The van der Waals surface area contributed by atoms with E-state index in [0.29, 0.717) is 0 Å². The monoisotopic (exact) mass is 223 g/mol. The van der Waals surface area contributed by atoms with Gasteiger partial charge in [0, 0.05) is 22.2 Å². The SMILES string of the molecule is CC=CC(=O)NC(C)Cc1ccc(C)s1. The fraction of sp³-hybridized carbons (Fsp3) is 0.417. The van der Waals surface area contributed by atoms with Crippen molar-refractivity contribution in [2.75, 3.05) is 0 Å². The molecule has 0 bridgehead atoms. The molecule has 0 saturated heterocycles. The number of hydrogen-bond donors (Lipinski definition) is 1. The van der Waals surface area contributed by atoms with Crippen LogP contribution in [0.5, 0.6) is 0 Å². The van der Waals surface area contributed by atoms with Gasteiger partial charge in [-0.3, -0.25) is 4.79 Å². The van der Waals surface area contributed by atoms with E-state index in [1.54, 1.807) is 23.5 Å². The third-order valence-corrected chi connectivity index (χ3v) is 3.03. The predicted molar refractivity (Wildman–Crippen MR) is 65.2 cm³/mol. The van der Waals surface area contributed by atoms with E-state index < -0.39 is 0 Å². The van der Waals surface area contributed by atoms with Gasteiger partial charge in [-0.15, -0.1) is 11.3 Å². The lowest BCUT2D eigenvalue weighted by Crippen LogP contribution is -2.32. The van der Waals surface area contributed by atoms with Crippen molar-refractivity contribution in [3.05, 3.63) is 34.0 Å². The molecule has 1 heterocycles. The third kappa shape index (κ3) is 4.30. The van der Waals surface area contributed by atoms with E-state index in [0.717, 1.165) is 6.42 Å². The van der Waals surface area contributed by atoms with E-state index in [-0.39, 0.29) is 11.9 Å². The molecule has 0 aliphatic carbocycles. The van der Waals surface area contributed by atoms with Gasteiger partial charge in [0.15, 0.2) is 0 Å². The highest BCUT2D eigenvalue weighted by Gasteiger charge is 2.06. The smallest absolute Gasteiger partial charge is 0.243 e. The van der Waals surface area contributed by atoms with Crippen molar-refractivity contribution in [3.8, 4) is 0 Å². The van der Waals surface area contributed by atoms with Crippen LogP contribution in [0.15, 0.2) is 24.3 Å². The van der Waals surface area contributed by atoms with Crippen molar-refractivity contribution < 1.29 is 4.79 Å². The number of rotatable bonds is 4. The minimum atomic E-state index is -0.0155. The Bertz CT molecular complexity index is 354. The number of aryl methyl sites for hydroxylation is 1. The average Bonchev–Trinajstić information content (AvgIpc) is 2.51. The van der Waals surface area contributed by atoms with Crippen molar-refractivity contribution in [1.29, 1.82) is 0 Å². The van der Waals surface area contributed by atoms with Crippen molar-refractivity contribution in [3.63, 3.8) is 0 Å². The summed E-state index contributed by atoms with van der Waals surface area (Å²) in [7, 11) is 0. The molecule has 0 aromatic carbocycles. The molecule has 1 atom stereocenters. The van der Waals surface area contributed by atoms with Crippen molar-refractivity contribution in [1.82, 2.24) is 5.32 Å². The maximum Gasteiger partial charge on any atom is 0.243 e.